The van der Waals surface area contributed by atoms with Crippen molar-refractivity contribution < 1.29 is 19.1 Å². The molecule has 158 valence electrons. The normalized spacial score (nSPS) is 11.0. The van der Waals surface area contributed by atoms with Crippen molar-refractivity contribution in [2.75, 3.05) is 12.0 Å². The first-order valence-electron chi connectivity index (χ1n) is 8.59. The molecule has 0 fully saturated rings. The van der Waals surface area contributed by atoms with Gasteiger partial charge in [-0.15, -0.1) is 0 Å². The molecule has 0 unspecified atom stereocenters. The molecule has 1 aromatic carbocycles. The number of imide groups is 1. The minimum absolute atomic E-state index is 0.0808. The number of nitriles is 1. The maximum atomic E-state index is 11.9. The largest absolute Gasteiger partial charge is 0.450 e. The van der Waals surface area contributed by atoms with Crippen LogP contribution in [0.5, 0.6) is 11.6 Å². The third-order valence-corrected chi connectivity index (χ3v) is 4.80. The van der Waals surface area contributed by atoms with Gasteiger partial charge in [0, 0.05) is 6.20 Å². The average Bonchev–Trinajstić information content (AvgIpc) is 3.21. The topological polar surface area (TPSA) is 154 Å². The molecule has 0 saturated carbocycles. The minimum atomic E-state index is -0.995. The predicted octanol–water partition coefficient (Wildman–Crippen LogP) is 3.84. The van der Waals surface area contributed by atoms with Crippen LogP contribution in [0.25, 0.3) is 11.0 Å². The fourth-order valence-corrected chi connectivity index (χ4v) is 3.66. The molecule has 0 bridgehead atoms. The van der Waals surface area contributed by atoms with E-state index >= 15 is 0 Å². The molecule has 11 nitrogen and oxygen atoms in total. The molecule has 0 aliphatic rings. The molecular formula is C18H13Br2N7O4. The number of carbonyl (C=O) groups is 2. The molecule has 0 atom stereocenters. The Morgan fingerprint density at radius 2 is 2.03 bits per heavy atom. The fourth-order valence-electron chi connectivity index (χ4n) is 2.31. The summed E-state index contributed by atoms with van der Waals surface area (Å²) in [6.45, 7) is 1.66. The Bertz CT molecular complexity index is 1200. The maximum Gasteiger partial charge on any atom is 0.414 e. The van der Waals surface area contributed by atoms with Gasteiger partial charge in [0.25, 0.3) is 5.91 Å². The number of H-pyrrole nitrogens is 1. The molecule has 0 aliphatic heterocycles. The number of benzene rings is 1. The van der Waals surface area contributed by atoms with Gasteiger partial charge in [-0.3, -0.25) is 15.5 Å². The summed E-state index contributed by atoms with van der Waals surface area (Å²) in [4.78, 5) is 34.5. The zero-order valence-corrected chi connectivity index (χ0v) is 18.9. The van der Waals surface area contributed by atoms with Gasteiger partial charge in [0.15, 0.2) is 5.75 Å². The van der Waals surface area contributed by atoms with Crippen LogP contribution in [-0.2, 0) is 9.53 Å². The van der Waals surface area contributed by atoms with E-state index in [-0.39, 0.29) is 6.61 Å². The average molecular weight is 551 g/mol. The summed E-state index contributed by atoms with van der Waals surface area (Å²) >= 11 is 6.83. The Labute approximate surface area is 192 Å². The van der Waals surface area contributed by atoms with Gasteiger partial charge in [0.1, 0.15) is 18.0 Å². The number of carbonyl (C=O) groups excluding carboxylic acids is 2. The van der Waals surface area contributed by atoms with Gasteiger partial charge in [0.05, 0.1) is 26.6 Å². The van der Waals surface area contributed by atoms with Gasteiger partial charge < -0.3 is 14.5 Å². The highest BCUT2D eigenvalue weighted by molar-refractivity contribution is 9.11. The number of rotatable bonds is 6. The summed E-state index contributed by atoms with van der Waals surface area (Å²) in [5.74, 6) is -0.198. The second kappa shape index (κ2) is 10.0. The Morgan fingerprint density at radius 3 is 2.71 bits per heavy atom. The van der Waals surface area contributed by atoms with Crippen molar-refractivity contribution in [3.05, 3.63) is 39.7 Å². The molecule has 0 aliphatic carbocycles. The summed E-state index contributed by atoms with van der Waals surface area (Å²) in [7, 11) is 0. The summed E-state index contributed by atoms with van der Waals surface area (Å²) < 4.78 is 11.6. The highest BCUT2D eigenvalue weighted by Crippen LogP contribution is 2.40. The Kier molecular flexibility index (Phi) is 7.16. The van der Waals surface area contributed by atoms with Crippen molar-refractivity contribution in [3.63, 3.8) is 0 Å². The number of alkyl carbamates (subject to hydrolysis) is 1. The van der Waals surface area contributed by atoms with E-state index in [9.17, 15) is 9.59 Å². The highest BCUT2D eigenvalue weighted by atomic mass is 79.9. The van der Waals surface area contributed by atoms with Crippen molar-refractivity contribution in [1.82, 2.24) is 20.3 Å². The molecule has 3 aromatic rings. The predicted molar refractivity (Wildman–Crippen MR) is 118 cm³/mol. The molecule has 13 heteroatoms. The van der Waals surface area contributed by atoms with Crippen LogP contribution in [0.4, 0.5) is 10.5 Å². The van der Waals surface area contributed by atoms with Crippen LogP contribution in [0.1, 0.15) is 6.92 Å². The molecule has 0 saturated heterocycles. The maximum absolute atomic E-state index is 11.9. The van der Waals surface area contributed by atoms with Gasteiger partial charge in [-0.25, -0.2) is 14.8 Å². The van der Waals surface area contributed by atoms with Gasteiger partial charge in [-0.1, -0.05) is 0 Å². The lowest BCUT2D eigenvalue weighted by Gasteiger charge is -2.11. The Hall–Kier alpha value is -3.50. The number of ether oxygens (including phenoxy) is 2. The molecule has 31 heavy (non-hydrogen) atoms. The summed E-state index contributed by atoms with van der Waals surface area (Å²) in [6.07, 6.45) is 2.14. The lowest BCUT2D eigenvalue weighted by molar-refractivity contribution is -0.114. The van der Waals surface area contributed by atoms with Gasteiger partial charge in [-0.2, -0.15) is 10.4 Å². The van der Waals surface area contributed by atoms with Crippen molar-refractivity contribution >= 4 is 66.3 Å². The number of hydrazone groups is 1. The summed E-state index contributed by atoms with van der Waals surface area (Å²) in [5.41, 5.74) is 3.09. The molecule has 2 aromatic heterocycles. The quantitative estimate of drug-likeness (QED) is 0.309. The number of aromatic nitrogens is 3. The lowest BCUT2D eigenvalue weighted by Crippen LogP contribution is -2.36. The lowest BCUT2D eigenvalue weighted by atomic mass is 10.3. The second-order valence-corrected chi connectivity index (χ2v) is 7.36. The number of fused-ring (bicyclic) bond motifs is 1. The SMILES string of the molecule is CCOC(=O)NC(=O)C(C#N)=NNc1cc(Br)c(Oc2ncnc3[nH]ccc23)c(Br)c1. The van der Waals surface area contributed by atoms with Crippen LogP contribution in [0.3, 0.4) is 0 Å². The van der Waals surface area contributed by atoms with Crippen LogP contribution < -0.4 is 15.5 Å². The van der Waals surface area contributed by atoms with Crippen molar-refractivity contribution in [1.29, 1.82) is 5.26 Å². The van der Waals surface area contributed by atoms with Crippen LogP contribution >= 0.6 is 31.9 Å². The van der Waals surface area contributed by atoms with Gasteiger partial charge in [0.2, 0.25) is 11.6 Å². The Morgan fingerprint density at radius 1 is 1.29 bits per heavy atom. The summed E-state index contributed by atoms with van der Waals surface area (Å²) in [6, 6.07) is 6.65. The fraction of sp³-hybridized carbons (Fsp3) is 0.111. The number of nitrogens with zero attached hydrogens (tertiary/aromatic N) is 4. The van der Waals surface area contributed by atoms with Crippen LogP contribution in [0, 0.1) is 11.3 Å². The second-order valence-electron chi connectivity index (χ2n) is 5.65. The van der Waals surface area contributed by atoms with Gasteiger partial charge in [-0.05, 0) is 57.0 Å². The molecule has 2 heterocycles. The number of anilines is 1. The first kappa shape index (κ1) is 22.2. The van der Waals surface area contributed by atoms with E-state index in [1.54, 1.807) is 37.4 Å². The molecule has 3 N–H and O–H groups in total. The van der Waals surface area contributed by atoms with E-state index in [0.29, 0.717) is 37.3 Å². The molecular weight excluding hydrogens is 538 g/mol. The first-order valence-corrected chi connectivity index (χ1v) is 10.2. The molecule has 2 amide bonds. The number of hydrogen-bond acceptors (Lipinski definition) is 9. The monoisotopic (exact) mass is 549 g/mol. The number of nitrogens with one attached hydrogen (secondary N) is 3. The smallest absolute Gasteiger partial charge is 0.414 e. The number of halogens is 2. The van der Waals surface area contributed by atoms with Crippen molar-refractivity contribution in [2.24, 2.45) is 5.10 Å². The van der Waals surface area contributed by atoms with E-state index in [1.165, 1.54) is 6.33 Å². The van der Waals surface area contributed by atoms with Gasteiger partial charge >= 0.3 is 6.09 Å². The van der Waals surface area contributed by atoms with E-state index in [2.05, 4.69) is 62.1 Å². The third kappa shape index (κ3) is 5.36. The standard InChI is InChI=1S/C18H13Br2N7O4/c1-2-30-18(29)25-16(28)13(7-21)27-26-9-5-11(19)14(12(20)6-9)31-17-10-3-4-22-15(10)23-8-24-17/h3-6,8,26H,2H2,1H3,(H,22,23,24)(H,25,28,29). The van der Waals surface area contributed by atoms with E-state index in [1.807, 2.05) is 5.32 Å². The van der Waals surface area contributed by atoms with Crippen LogP contribution in [0.15, 0.2) is 44.8 Å². The van der Waals surface area contributed by atoms with Crippen LogP contribution in [-0.4, -0.2) is 39.3 Å². The zero-order valence-electron chi connectivity index (χ0n) is 15.8. The zero-order chi connectivity index (χ0) is 22.4. The van der Waals surface area contributed by atoms with Crippen molar-refractivity contribution in [3.8, 4) is 17.7 Å². The van der Waals surface area contributed by atoms with E-state index < -0.39 is 17.7 Å². The van der Waals surface area contributed by atoms with E-state index in [4.69, 9.17) is 10.00 Å². The Balaban J connectivity index is 1.77. The third-order valence-electron chi connectivity index (χ3n) is 3.62. The highest BCUT2D eigenvalue weighted by Gasteiger charge is 2.17. The van der Waals surface area contributed by atoms with E-state index in [0.717, 1.165) is 0 Å². The molecule has 3 rings (SSSR count). The molecule has 0 radical (unpaired) electrons. The first-order chi connectivity index (χ1) is 14.9. The summed E-state index contributed by atoms with van der Waals surface area (Å²) in [5, 5.41) is 15.5. The number of hydrogen-bond donors (Lipinski definition) is 3. The number of amides is 2. The van der Waals surface area contributed by atoms with Crippen molar-refractivity contribution in [2.45, 2.75) is 6.92 Å². The molecule has 0 spiro atoms. The van der Waals surface area contributed by atoms with Crippen LogP contribution in [0.2, 0.25) is 0 Å². The minimum Gasteiger partial charge on any atom is -0.450 e. The number of aromatic amines is 1.